The van der Waals surface area contributed by atoms with Crippen LogP contribution in [0.3, 0.4) is 0 Å². The number of aromatic nitrogens is 3. The minimum absolute atomic E-state index is 0.0328. The molecular formula is C28H32N6O2. The van der Waals surface area contributed by atoms with E-state index in [-0.39, 0.29) is 5.91 Å². The fraction of sp³-hybridized carbons (Fsp3) is 0.321. The third-order valence-electron chi connectivity index (χ3n) is 7.25. The predicted octanol–water partition coefficient (Wildman–Crippen LogP) is 3.54. The summed E-state index contributed by atoms with van der Waals surface area (Å²) < 4.78 is 2.95. The number of fused-ring (bicyclic) bond motifs is 1. The minimum atomic E-state index is 0.0328. The second-order valence-corrected chi connectivity index (χ2v) is 9.84. The summed E-state index contributed by atoms with van der Waals surface area (Å²) in [4.78, 5) is 20.8. The van der Waals surface area contributed by atoms with Crippen LogP contribution in [-0.2, 0) is 13.6 Å². The lowest BCUT2D eigenvalue weighted by molar-refractivity contribution is -0.592. The first-order valence-corrected chi connectivity index (χ1v) is 12.3. The number of amides is 1. The average molecular weight is 485 g/mol. The van der Waals surface area contributed by atoms with E-state index in [4.69, 9.17) is 5.73 Å². The van der Waals surface area contributed by atoms with E-state index in [1.54, 1.807) is 37.3 Å². The van der Waals surface area contributed by atoms with Gasteiger partial charge in [0.15, 0.2) is 0 Å². The molecule has 4 aromatic rings. The fourth-order valence-corrected chi connectivity index (χ4v) is 5.16. The maximum Gasteiger partial charge on any atom is 0.253 e. The van der Waals surface area contributed by atoms with E-state index < -0.39 is 0 Å². The molecule has 186 valence electrons. The molecular weight excluding hydrogens is 452 g/mol. The quantitative estimate of drug-likeness (QED) is 0.345. The van der Waals surface area contributed by atoms with Crippen LogP contribution in [-0.4, -0.2) is 52.4 Å². The zero-order chi connectivity index (χ0) is 25.4. The maximum atomic E-state index is 12.5. The molecule has 1 saturated heterocycles. The van der Waals surface area contributed by atoms with Crippen LogP contribution in [0.25, 0.3) is 22.3 Å². The lowest BCUT2D eigenvalue weighted by Crippen LogP contribution is -2.33. The first-order valence-electron chi connectivity index (χ1n) is 12.3. The number of pyridine rings is 2. The van der Waals surface area contributed by atoms with E-state index in [0.29, 0.717) is 17.3 Å². The monoisotopic (exact) mass is 484 g/mol. The van der Waals surface area contributed by atoms with Gasteiger partial charge in [0.2, 0.25) is 11.9 Å². The van der Waals surface area contributed by atoms with Crippen LogP contribution in [0, 0.1) is 5.21 Å². The number of hydrogen-bond donors (Lipinski definition) is 1. The SMILES string of the molecule is CN(C)C(=O)c1ccc(C2CCN(Cc3cc4c(-c5ccc(N)c[n+]5[O-])ccnc4n3C)CC2)cc1. The van der Waals surface area contributed by atoms with Crippen molar-refractivity contribution in [1.82, 2.24) is 19.4 Å². The smallest absolute Gasteiger partial charge is 0.253 e. The van der Waals surface area contributed by atoms with Gasteiger partial charge in [0, 0.05) is 56.6 Å². The zero-order valence-corrected chi connectivity index (χ0v) is 21.0. The second-order valence-electron chi connectivity index (χ2n) is 9.84. The molecule has 1 fully saturated rings. The standard InChI is InChI=1S/C28H32N6O2/c1-31(2)28(35)21-6-4-19(5-7-21)20-11-14-33(15-12-20)18-23-16-25-24(10-13-30-27(25)32(23)3)26-9-8-22(29)17-34(26)36/h4-10,13,16-17,20H,11-12,14-15,18,29H2,1-3H3. The Morgan fingerprint density at radius 1 is 1.14 bits per heavy atom. The largest absolute Gasteiger partial charge is 0.618 e. The Bertz CT molecular complexity index is 1400. The summed E-state index contributed by atoms with van der Waals surface area (Å²) in [5.41, 5.74) is 11.7. The number of aryl methyl sites for hydroxylation is 1. The molecule has 3 aromatic heterocycles. The minimum Gasteiger partial charge on any atom is -0.618 e. The van der Waals surface area contributed by atoms with Gasteiger partial charge in [-0.2, -0.15) is 4.73 Å². The first kappa shape index (κ1) is 23.8. The van der Waals surface area contributed by atoms with E-state index in [0.717, 1.165) is 59.4 Å². The Hall–Kier alpha value is -3.91. The highest BCUT2D eigenvalue weighted by molar-refractivity contribution is 5.94. The van der Waals surface area contributed by atoms with Crippen molar-refractivity contribution in [3.63, 3.8) is 0 Å². The Labute approximate surface area is 211 Å². The number of carbonyl (C=O) groups is 1. The highest BCUT2D eigenvalue weighted by Crippen LogP contribution is 2.31. The summed E-state index contributed by atoms with van der Waals surface area (Å²) in [6.07, 6.45) is 5.30. The van der Waals surface area contributed by atoms with E-state index in [2.05, 4.69) is 32.7 Å². The summed E-state index contributed by atoms with van der Waals surface area (Å²) in [6, 6.07) is 15.6. The van der Waals surface area contributed by atoms with Crippen molar-refractivity contribution in [2.45, 2.75) is 25.3 Å². The van der Waals surface area contributed by atoms with E-state index in [1.165, 1.54) is 17.5 Å². The average Bonchev–Trinajstić information content (AvgIpc) is 3.19. The maximum absolute atomic E-state index is 12.5. The zero-order valence-electron chi connectivity index (χ0n) is 21.0. The van der Waals surface area contributed by atoms with Gasteiger partial charge >= 0.3 is 0 Å². The molecule has 2 N–H and O–H groups in total. The molecule has 36 heavy (non-hydrogen) atoms. The number of nitrogens with zero attached hydrogens (tertiary/aromatic N) is 5. The molecule has 1 aliphatic heterocycles. The van der Waals surface area contributed by atoms with Gasteiger partial charge in [-0.3, -0.25) is 9.69 Å². The van der Waals surface area contributed by atoms with Crippen LogP contribution in [0.4, 0.5) is 5.69 Å². The highest BCUT2D eigenvalue weighted by Gasteiger charge is 2.23. The number of benzene rings is 1. The van der Waals surface area contributed by atoms with Crippen molar-refractivity contribution >= 4 is 22.6 Å². The van der Waals surface area contributed by atoms with Crippen molar-refractivity contribution in [2.75, 3.05) is 32.9 Å². The van der Waals surface area contributed by atoms with Gasteiger partial charge in [0.05, 0.1) is 11.3 Å². The van der Waals surface area contributed by atoms with E-state index in [1.807, 2.05) is 25.2 Å². The molecule has 0 spiro atoms. The Morgan fingerprint density at radius 2 is 1.86 bits per heavy atom. The number of anilines is 1. The molecule has 1 aromatic carbocycles. The highest BCUT2D eigenvalue weighted by atomic mass is 16.5. The normalized spacial score (nSPS) is 14.9. The van der Waals surface area contributed by atoms with Crippen LogP contribution >= 0.6 is 0 Å². The van der Waals surface area contributed by atoms with Crippen molar-refractivity contribution in [3.8, 4) is 11.3 Å². The number of carbonyl (C=O) groups excluding carboxylic acids is 1. The molecule has 8 heteroatoms. The summed E-state index contributed by atoms with van der Waals surface area (Å²) in [5.74, 6) is 0.536. The molecule has 0 radical (unpaired) electrons. The number of likely N-dealkylation sites (tertiary alicyclic amines) is 1. The van der Waals surface area contributed by atoms with Gasteiger partial charge in [0.25, 0.3) is 5.91 Å². The Balaban J connectivity index is 1.30. The lowest BCUT2D eigenvalue weighted by Gasteiger charge is -2.32. The van der Waals surface area contributed by atoms with Crippen molar-refractivity contribution in [3.05, 3.63) is 83.0 Å². The summed E-state index contributed by atoms with van der Waals surface area (Å²) >= 11 is 0. The van der Waals surface area contributed by atoms with Gasteiger partial charge in [-0.15, -0.1) is 0 Å². The van der Waals surface area contributed by atoms with Gasteiger partial charge in [-0.05, 0) is 67.7 Å². The Morgan fingerprint density at radius 3 is 2.53 bits per heavy atom. The topological polar surface area (TPSA) is 94.3 Å². The molecule has 0 unspecified atom stereocenters. The summed E-state index contributed by atoms with van der Waals surface area (Å²) in [6.45, 7) is 2.83. The van der Waals surface area contributed by atoms with Crippen LogP contribution in [0.1, 0.15) is 40.4 Å². The third kappa shape index (κ3) is 4.52. The second kappa shape index (κ2) is 9.62. The number of hydrogen-bond acceptors (Lipinski definition) is 5. The van der Waals surface area contributed by atoms with Gasteiger partial charge in [-0.25, -0.2) is 4.98 Å². The molecule has 1 amide bonds. The van der Waals surface area contributed by atoms with Gasteiger partial charge < -0.3 is 20.4 Å². The molecule has 0 atom stereocenters. The van der Waals surface area contributed by atoms with Crippen molar-refractivity contribution < 1.29 is 9.52 Å². The number of rotatable bonds is 5. The van der Waals surface area contributed by atoms with Crippen LogP contribution in [0.15, 0.2) is 60.9 Å². The van der Waals surface area contributed by atoms with Gasteiger partial charge in [-0.1, -0.05) is 12.1 Å². The number of piperidine rings is 1. The van der Waals surface area contributed by atoms with Crippen LogP contribution in [0.5, 0.6) is 0 Å². The van der Waals surface area contributed by atoms with Crippen molar-refractivity contribution in [1.29, 1.82) is 0 Å². The van der Waals surface area contributed by atoms with Crippen LogP contribution in [0.2, 0.25) is 0 Å². The molecule has 5 rings (SSSR count). The molecule has 0 aliphatic carbocycles. The van der Waals surface area contributed by atoms with Crippen LogP contribution < -0.4 is 10.5 Å². The summed E-state index contributed by atoms with van der Waals surface area (Å²) in [7, 11) is 5.58. The fourth-order valence-electron chi connectivity index (χ4n) is 5.16. The number of nitrogens with two attached hydrogens (primary N) is 1. The van der Waals surface area contributed by atoms with Gasteiger partial charge in [0.1, 0.15) is 5.65 Å². The molecule has 1 aliphatic rings. The molecule has 4 heterocycles. The van der Waals surface area contributed by atoms with E-state index >= 15 is 0 Å². The predicted molar refractivity (Wildman–Crippen MR) is 141 cm³/mol. The molecule has 0 bridgehead atoms. The Kier molecular flexibility index (Phi) is 6.36. The van der Waals surface area contributed by atoms with Crippen molar-refractivity contribution in [2.24, 2.45) is 7.05 Å². The number of nitrogen functional groups attached to an aromatic ring is 1. The lowest BCUT2D eigenvalue weighted by atomic mass is 9.89. The molecule has 8 nitrogen and oxygen atoms in total. The first-order chi connectivity index (χ1) is 17.3. The van der Waals surface area contributed by atoms with E-state index in [9.17, 15) is 10.0 Å². The summed E-state index contributed by atoms with van der Waals surface area (Å²) in [5, 5.41) is 13.5. The molecule has 0 saturated carbocycles. The third-order valence-corrected chi connectivity index (χ3v) is 7.25.